The third-order valence-corrected chi connectivity index (χ3v) is 1.67. The first kappa shape index (κ1) is 9.76. The minimum Gasteiger partial charge on any atom is -0.504 e. The summed E-state index contributed by atoms with van der Waals surface area (Å²) in [5.41, 5.74) is 5.26. The second kappa shape index (κ2) is 3.59. The van der Waals surface area contributed by atoms with Crippen LogP contribution in [0.25, 0.3) is 0 Å². The second-order valence-electron chi connectivity index (χ2n) is 2.62. The van der Waals surface area contributed by atoms with Crippen LogP contribution in [0, 0.1) is 5.82 Å². The molecular formula is C8H10FNO3. The van der Waals surface area contributed by atoms with Crippen LogP contribution < -0.4 is 5.73 Å². The van der Waals surface area contributed by atoms with Gasteiger partial charge in [0.05, 0.1) is 6.10 Å². The molecule has 0 bridgehead atoms. The van der Waals surface area contributed by atoms with Crippen LogP contribution in [0.3, 0.4) is 0 Å². The molecule has 0 unspecified atom stereocenters. The Morgan fingerprint density at radius 3 is 2.46 bits per heavy atom. The molecule has 4 nitrogen and oxygen atoms in total. The minimum atomic E-state index is -1.04. The predicted molar refractivity (Wildman–Crippen MR) is 43.7 cm³/mol. The molecule has 0 aliphatic rings. The molecule has 0 amide bonds. The Labute approximate surface area is 74.0 Å². The topological polar surface area (TPSA) is 86.7 Å². The lowest BCUT2D eigenvalue weighted by Gasteiger charge is -2.09. The van der Waals surface area contributed by atoms with E-state index in [4.69, 9.17) is 15.9 Å². The van der Waals surface area contributed by atoms with Crippen molar-refractivity contribution in [2.75, 3.05) is 6.54 Å². The van der Waals surface area contributed by atoms with Gasteiger partial charge >= 0.3 is 0 Å². The summed E-state index contributed by atoms with van der Waals surface area (Å²) in [4.78, 5) is 0. The maximum Gasteiger partial charge on any atom is 0.194 e. The van der Waals surface area contributed by atoms with Crippen molar-refractivity contribution >= 4 is 0 Å². The van der Waals surface area contributed by atoms with Crippen LogP contribution in [0.4, 0.5) is 4.39 Å². The number of aliphatic hydroxyl groups is 1. The summed E-state index contributed by atoms with van der Waals surface area (Å²) in [5, 5.41) is 27.0. The van der Waals surface area contributed by atoms with Gasteiger partial charge in [0.2, 0.25) is 0 Å². The number of rotatable bonds is 2. The Hall–Kier alpha value is -1.33. The largest absolute Gasteiger partial charge is 0.504 e. The third kappa shape index (κ3) is 1.88. The van der Waals surface area contributed by atoms with Crippen LogP contribution in [0.15, 0.2) is 12.1 Å². The summed E-state index contributed by atoms with van der Waals surface area (Å²) in [5.74, 6) is -2.42. The van der Waals surface area contributed by atoms with Crippen molar-refractivity contribution in [1.82, 2.24) is 0 Å². The van der Waals surface area contributed by atoms with Crippen molar-refractivity contribution < 1.29 is 19.7 Å². The molecule has 0 fully saturated rings. The van der Waals surface area contributed by atoms with E-state index in [1.807, 2.05) is 0 Å². The molecule has 0 aliphatic carbocycles. The van der Waals surface area contributed by atoms with Crippen molar-refractivity contribution in [1.29, 1.82) is 0 Å². The van der Waals surface area contributed by atoms with Gasteiger partial charge in [0.25, 0.3) is 0 Å². The summed E-state index contributed by atoms with van der Waals surface area (Å²) in [6, 6.07) is 1.99. The fraction of sp³-hybridized carbons (Fsp3) is 0.250. The lowest BCUT2D eigenvalue weighted by atomic mass is 10.1. The SMILES string of the molecule is NC[C@@H](O)c1cc(O)c(O)c(F)c1. The Morgan fingerprint density at radius 2 is 2.00 bits per heavy atom. The van der Waals surface area contributed by atoms with E-state index in [0.717, 1.165) is 12.1 Å². The number of aliphatic hydroxyl groups excluding tert-OH is 1. The molecular weight excluding hydrogens is 177 g/mol. The number of phenolic OH excluding ortho intramolecular Hbond substituents is 2. The van der Waals surface area contributed by atoms with E-state index in [-0.39, 0.29) is 12.1 Å². The van der Waals surface area contributed by atoms with E-state index >= 15 is 0 Å². The van der Waals surface area contributed by atoms with Gasteiger partial charge < -0.3 is 21.1 Å². The second-order valence-corrected chi connectivity index (χ2v) is 2.62. The lowest BCUT2D eigenvalue weighted by molar-refractivity contribution is 0.185. The number of benzene rings is 1. The summed E-state index contributed by atoms with van der Waals surface area (Å²) in [7, 11) is 0. The van der Waals surface area contributed by atoms with Gasteiger partial charge in [0.1, 0.15) is 0 Å². The predicted octanol–water partition coefficient (Wildman–Crippen LogP) is 0.229. The van der Waals surface area contributed by atoms with Crippen molar-refractivity contribution in [3.63, 3.8) is 0 Å². The monoisotopic (exact) mass is 187 g/mol. The minimum absolute atomic E-state index is 0.0797. The molecule has 1 atom stereocenters. The first-order chi connectivity index (χ1) is 6.06. The van der Waals surface area contributed by atoms with Gasteiger partial charge in [-0.3, -0.25) is 0 Å². The average molecular weight is 187 g/mol. The van der Waals surface area contributed by atoms with Crippen molar-refractivity contribution in [2.24, 2.45) is 5.73 Å². The molecule has 0 radical (unpaired) electrons. The third-order valence-electron chi connectivity index (χ3n) is 1.67. The smallest absolute Gasteiger partial charge is 0.194 e. The molecule has 0 aromatic heterocycles. The molecule has 1 aromatic carbocycles. The molecule has 13 heavy (non-hydrogen) atoms. The average Bonchev–Trinajstić information content (AvgIpc) is 2.12. The number of aromatic hydroxyl groups is 2. The maximum atomic E-state index is 12.8. The van der Waals surface area contributed by atoms with E-state index in [1.165, 1.54) is 0 Å². The highest BCUT2D eigenvalue weighted by Crippen LogP contribution is 2.30. The Balaban J connectivity index is 3.13. The van der Waals surface area contributed by atoms with Gasteiger partial charge in [-0.25, -0.2) is 4.39 Å². The molecule has 0 saturated carbocycles. The van der Waals surface area contributed by atoms with Crippen molar-refractivity contribution in [2.45, 2.75) is 6.10 Å². The first-order valence-electron chi connectivity index (χ1n) is 3.65. The van der Waals surface area contributed by atoms with Crippen LogP contribution in [-0.4, -0.2) is 21.9 Å². The number of hydrogen-bond donors (Lipinski definition) is 4. The van der Waals surface area contributed by atoms with Crippen LogP contribution in [0.1, 0.15) is 11.7 Å². The van der Waals surface area contributed by atoms with Crippen LogP contribution in [0.5, 0.6) is 11.5 Å². The molecule has 0 aliphatic heterocycles. The number of halogens is 1. The van der Waals surface area contributed by atoms with E-state index in [0.29, 0.717) is 0 Å². The molecule has 1 aromatic rings. The zero-order chi connectivity index (χ0) is 10.0. The van der Waals surface area contributed by atoms with Crippen LogP contribution in [0.2, 0.25) is 0 Å². The number of hydrogen-bond acceptors (Lipinski definition) is 4. The van der Waals surface area contributed by atoms with Gasteiger partial charge in [0, 0.05) is 6.54 Å². The maximum absolute atomic E-state index is 12.8. The first-order valence-corrected chi connectivity index (χ1v) is 3.65. The van der Waals surface area contributed by atoms with Crippen molar-refractivity contribution in [3.05, 3.63) is 23.5 Å². The summed E-state index contributed by atoms with van der Waals surface area (Å²) < 4.78 is 12.8. The van der Waals surface area contributed by atoms with E-state index < -0.39 is 23.4 Å². The summed E-state index contributed by atoms with van der Waals surface area (Å²) in [6.07, 6.45) is -1.04. The van der Waals surface area contributed by atoms with Gasteiger partial charge in [-0.15, -0.1) is 0 Å². The number of nitrogens with two attached hydrogens (primary N) is 1. The lowest BCUT2D eigenvalue weighted by Crippen LogP contribution is -2.11. The van der Waals surface area contributed by atoms with Crippen LogP contribution >= 0.6 is 0 Å². The fourth-order valence-electron chi connectivity index (χ4n) is 0.933. The highest BCUT2D eigenvalue weighted by molar-refractivity contribution is 5.42. The van der Waals surface area contributed by atoms with E-state index in [9.17, 15) is 9.50 Å². The quantitative estimate of drug-likeness (QED) is 0.499. The zero-order valence-electron chi connectivity index (χ0n) is 6.74. The molecule has 5 heteroatoms. The standard InChI is InChI=1S/C8H10FNO3/c9-5-1-4(7(12)3-10)2-6(11)8(5)13/h1-2,7,11-13H,3,10H2/t7-/m1/s1. The Bertz CT molecular complexity index is 293. The van der Waals surface area contributed by atoms with E-state index in [1.54, 1.807) is 0 Å². The molecule has 0 heterocycles. The van der Waals surface area contributed by atoms with Gasteiger partial charge in [0.15, 0.2) is 17.3 Å². The molecule has 72 valence electrons. The highest BCUT2D eigenvalue weighted by Gasteiger charge is 2.12. The molecule has 1 rings (SSSR count). The summed E-state index contributed by atoms with van der Waals surface area (Å²) >= 11 is 0. The van der Waals surface area contributed by atoms with Gasteiger partial charge in [-0.2, -0.15) is 0 Å². The number of phenols is 2. The Kier molecular flexibility index (Phi) is 2.69. The fourth-order valence-corrected chi connectivity index (χ4v) is 0.933. The van der Waals surface area contributed by atoms with Gasteiger partial charge in [-0.05, 0) is 17.7 Å². The highest BCUT2D eigenvalue weighted by atomic mass is 19.1. The van der Waals surface area contributed by atoms with Crippen LogP contribution in [-0.2, 0) is 0 Å². The molecule has 5 N–H and O–H groups in total. The summed E-state index contributed by atoms with van der Waals surface area (Å²) in [6.45, 7) is -0.0797. The van der Waals surface area contributed by atoms with Gasteiger partial charge in [-0.1, -0.05) is 0 Å². The van der Waals surface area contributed by atoms with Crippen molar-refractivity contribution in [3.8, 4) is 11.5 Å². The molecule has 0 spiro atoms. The normalized spacial score (nSPS) is 12.8. The molecule has 0 saturated heterocycles. The Morgan fingerprint density at radius 1 is 1.38 bits per heavy atom. The zero-order valence-corrected chi connectivity index (χ0v) is 6.74. The van der Waals surface area contributed by atoms with E-state index in [2.05, 4.69) is 0 Å².